The Morgan fingerprint density at radius 2 is 1.71 bits per heavy atom. The molecule has 0 radical (unpaired) electrons. The number of hydrogen-bond donors (Lipinski definition) is 0. The fourth-order valence-electron chi connectivity index (χ4n) is 2.09. The third kappa shape index (κ3) is 4.45. The summed E-state index contributed by atoms with van der Waals surface area (Å²) in [5, 5.41) is 0. The standard InChI is InChI=1S/C13H26O/c1-11(2)12(3)14-10-9-13-7-5-4-6-8-13/h11-13H,4-10H2,1-3H3. The van der Waals surface area contributed by atoms with Gasteiger partial charge in [0.25, 0.3) is 0 Å². The van der Waals surface area contributed by atoms with Gasteiger partial charge >= 0.3 is 0 Å². The molecule has 0 amide bonds. The van der Waals surface area contributed by atoms with Gasteiger partial charge in [0.2, 0.25) is 0 Å². The third-order valence-electron chi connectivity index (χ3n) is 3.57. The Kier molecular flexibility index (Phi) is 5.54. The van der Waals surface area contributed by atoms with Crippen molar-refractivity contribution in [2.75, 3.05) is 6.61 Å². The summed E-state index contributed by atoms with van der Waals surface area (Å²) in [7, 11) is 0. The van der Waals surface area contributed by atoms with Gasteiger partial charge in [0, 0.05) is 6.61 Å². The average Bonchev–Trinajstić information content (AvgIpc) is 2.19. The van der Waals surface area contributed by atoms with Crippen LogP contribution in [0.2, 0.25) is 0 Å². The highest BCUT2D eigenvalue weighted by molar-refractivity contribution is 4.65. The zero-order valence-electron chi connectivity index (χ0n) is 10.1. The molecule has 0 saturated heterocycles. The van der Waals surface area contributed by atoms with Crippen LogP contribution < -0.4 is 0 Å². The fourth-order valence-corrected chi connectivity index (χ4v) is 2.09. The van der Waals surface area contributed by atoms with Crippen molar-refractivity contribution in [1.29, 1.82) is 0 Å². The molecule has 1 aliphatic carbocycles. The molecule has 14 heavy (non-hydrogen) atoms. The average molecular weight is 198 g/mol. The van der Waals surface area contributed by atoms with Crippen LogP contribution in [0, 0.1) is 11.8 Å². The van der Waals surface area contributed by atoms with E-state index < -0.39 is 0 Å². The second-order valence-electron chi connectivity index (χ2n) is 5.11. The molecule has 1 aliphatic rings. The first-order valence-corrected chi connectivity index (χ1v) is 6.31. The maximum absolute atomic E-state index is 5.81. The Morgan fingerprint density at radius 3 is 2.29 bits per heavy atom. The van der Waals surface area contributed by atoms with Gasteiger partial charge in [-0.05, 0) is 25.2 Å². The number of rotatable bonds is 5. The minimum absolute atomic E-state index is 0.429. The van der Waals surface area contributed by atoms with Crippen molar-refractivity contribution < 1.29 is 4.74 Å². The molecule has 0 N–H and O–H groups in total. The molecular weight excluding hydrogens is 172 g/mol. The summed E-state index contributed by atoms with van der Waals surface area (Å²) in [4.78, 5) is 0. The zero-order chi connectivity index (χ0) is 10.4. The molecular formula is C13H26O. The van der Waals surface area contributed by atoms with Crippen LogP contribution in [0.1, 0.15) is 59.3 Å². The minimum atomic E-state index is 0.429. The van der Waals surface area contributed by atoms with Gasteiger partial charge in [0.05, 0.1) is 6.10 Å². The summed E-state index contributed by atoms with van der Waals surface area (Å²) in [6, 6.07) is 0. The van der Waals surface area contributed by atoms with Crippen molar-refractivity contribution >= 4 is 0 Å². The highest BCUT2D eigenvalue weighted by Crippen LogP contribution is 2.26. The molecule has 1 saturated carbocycles. The third-order valence-corrected chi connectivity index (χ3v) is 3.57. The molecule has 0 spiro atoms. The van der Waals surface area contributed by atoms with E-state index in [4.69, 9.17) is 4.74 Å². The summed E-state index contributed by atoms with van der Waals surface area (Å²) >= 11 is 0. The van der Waals surface area contributed by atoms with Gasteiger partial charge < -0.3 is 4.74 Å². The molecule has 1 atom stereocenters. The Labute approximate surface area is 89.2 Å². The van der Waals surface area contributed by atoms with Crippen molar-refractivity contribution in [3.05, 3.63) is 0 Å². The lowest BCUT2D eigenvalue weighted by Gasteiger charge is -2.23. The van der Waals surface area contributed by atoms with Gasteiger partial charge in [-0.3, -0.25) is 0 Å². The monoisotopic (exact) mass is 198 g/mol. The van der Waals surface area contributed by atoms with Gasteiger partial charge in [0.15, 0.2) is 0 Å². The maximum Gasteiger partial charge on any atom is 0.0569 e. The minimum Gasteiger partial charge on any atom is -0.378 e. The van der Waals surface area contributed by atoms with E-state index in [1.807, 2.05) is 0 Å². The lowest BCUT2D eigenvalue weighted by Crippen LogP contribution is -2.18. The lowest BCUT2D eigenvalue weighted by atomic mass is 9.87. The number of ether oxygens (including phenoxy) is 1. The van der Waals surface area contributed by atoms with E-state index in [0.29, 0.717) is 12.0 Å². The Bertz CT molecular complexity index is 136. The Hall–Kier alpha value is -0.0400. The van der Waals surface area contributed by atoms with E-state index in [1.165, 1.54) is 38.5 Å². The Morgan fingerprint density at radius 1 is 1.07 bits per heavy atom. The van der Waals surface area contributed by atoms with Crippen LogP contribution in [0.25, 0.3) is 0 Å². The summed E-state index contributed by atoms with van der Waals surface area (Å²) in [5.41, 5.74) is 0. The summed E-state index contributed by atoms with van der Waals surface area (Å²) in [6.45, 7) is 7.62. The van der Waals surface area contributed by atoms with Crippen molar-refractivity contribution in [2.45, 2.75) is 65.4 Å². The molecule has 1 nitrogen and oxygen atoms in total. The van der Waals surface area contributed by atoms with E-state index in [9.17, 15) is 0 Å². The second-order valence-corrected chi connectivity index (χ2v) is 5.11. The van der Waals surface area contributed by atoms with Gasteiger partial charge in [-0.1, -0.05) is 46.0 Å². The normalized spacial score (nSPS) is 21.4. The predicted octanol–water partition coefficient (Wildman–Crippen LogP) is 4.02. The van der Waals surface area contributed by atoms with Crippen LogP contribution >= 0.6 is 0 Å². The predicted molar refractivity (Wildman–Crippen MR) is 61.4 cm³/mol. The zero-order valence-corrected chi connectivity index (χ0v) is 10.1. The molecule has 1 unspecified atom stereocenters. The molecule has 0 aromatic rings. The largest absolute Gasteiger partial charge is 0.378 e. The summed E-state index contributed by atoms with van der Waals surface area (Å²) in [5.74, 6) is 1.62. The highest BCUT2D eigenvalue weighted by Gasteiger charge is 2.14. The van der Waals surface area contributed by atoms with E-state index in [-0.39, 0.29) is 0 Å². The van der Waals surface area contributed by atoms with Crippen LogP contribution in [-0.4, -0.2) is 12.7 Å². The van der Waals surface area contributed by atoms with Crippen LogP contribution in [0.4, 0.5) is 0 Å². The molecule has 1 rings (SSSR count). The molecule has 1 fully saturated rings. The van der Waals surface area contributed by atoms with Gasteiger partial charge in [-0.2, -0.15) is 0 Å². The van der Waals surface area contributed by atoms with Crippen LogP contribution in [0.3, 0.4) is 0 Å². The SMILES string of the molecule is CC(C)C(C)OCCC1CCCCC1. The summed E-state index contributed by atoms with van der Waals surface area (Å²) < 4.78 is 5.81. The van der Waals surface area contributed by atoms with E-state index in [0.717, 1.165) is 12.5 Å². The fraction of sp³-hybridized carbons (Fsp3) is 1.00. The first kappa shape index (κ1) is 12.0. The van der Waals surface area contributed by atoms with Gasteiger partial charge in [0.1, 0.15) is 0 Å². The lowest BCUT2D eigenvalue weighted by molar-refractivity contribution is 0.0255. The van der Waals surface area contributed by atoms with Crippen LogP contribution in [-0.2, 0) is 4.74 Å². The van der Waals surface area contributed by atoms with E-state index in [2.05, 4.69) is 20.8 Å². The van der Waals surface area contributed by atoms with Crippen molar-refractivity contribution in [1.82, 2.24) is 0 Å². The topological polar surface area (TPSA) is 9.23 Å². The smallest absolute Gasteiger partial charge is 0.0569 e. The second kappa shape index (κ2) is 6.44. The summed E-state index contributed by atoms with van der Waals surface area (Å²) in [6.07, 6.45) is 8.96. The van der Waals surface area contributed by atoms with E-state index in [1.54, 1.807) is 0 Å². The van der Waals surface area contributed by atoms with Crippen LogP contribution in [0.15, 0.2) is 0 Å². The molecule has 0 aromatic carbocycles. The first-order chi connectivity index (χ1) is 6.70. The highest BCUT2D eigenvalue weighted by atomic mass is 16.5. The van der Waals surface area contributed by atoms with Gasteiger partial charge in [-0.15, -0.1) is 0 Å². The molecule has 0 aromatic heterocycles. The van der Waals surface area contributed by atoms with Crippen molar-refractivity contribution in [3.8, 4) is 0 Å². The maximum atomic E-state index is 5.81. The molecule has 0 aliphatic heterocycles. The molecule has 1 heteroatoms. The quantitative estimate of drug-likeness (QED) is 0.648. The molecule has 0 heterocycles. The number of hydrogen-bond acceptors (Lipinski definition) is 1. The van der Waals surface area contributed by atoms with Crippen LogP contribution in [0.5, 0.6) is 0 Å². The molecule has 0 bridgehead atoms. The van der Waals surface area contributed by atoms with Gasteiger partial charge in [-0.25, -0.2) is 0 Å². The first-order valence-electron chi connectivity index (χ1n) is 6.31. The van der Waals surface area contributed by atoms with Crippen molar-refractivity contribution in [3.63, 3.8) is 0 Å². The molecule has 84 valence electrons. The van der Waals surface area contributed by atoms with Crippen molar-refractivity contribution in [2.24, 2.45) is 11.8 Å². The Balaban J connectivity index is 2.02. The van der Waals surface area contributed by atoms with E-state index >= 15 is 0 Å².